The summed E-state index contributed by atoms with van der Waals surface area (Å²) in [6.07, 6.45) is 0.533. The smallest absolute Gasteiger partial charge is 0.258 e. The summed E-state index contributed by atoms with van der Waals surface area (Å²) in [6, 6.07) is 10.9. The molecule has 0 aliphatic carbocycles. The van der Waals surface area contributed by atoms with Crippen LogP contribution < -0.4 is 14.8 Å². The first-order chi connectivity index (χ1) is 15.9. The summed E-state index contributed by atoms with van der Waals surface area (Å²) in [5.41, 5.74) is 0. The average Bonchev–Trinajstić information content (AvgIpc) is 2.78. The molecule has 0 aromatic heterocycles. The number of benzene rings is 2. The number of rotatable bonds is 7. The van der Waals surface area contributed by atoms with Gasteiger partial charge in [-0.05, 0) is 49.2 Å². The van der Waals surface area contributed by atoms with Crippen molar-refractivity contribution in [1.82, 2.24) is 10.2 Å². The summed E-state index contributed by atoms with van der Waals surface area (Å²) in [5.74, 6) is -0.104. The molecule has 176 valence electrons. The lowest BCUT2D eigenvalue weighted by molar-refractivity contribution is -0.156. The molecule has 0 spiro atoms. The van der Waals surface area contributed by atoms with Crippen LogP contribution in [0.25, 0.3) is 0 Å². The second-order valence-corrected chi connectivity index (χ2v) is 8.81. The molecule has 2 fully saturated rings. The Labute approximate surface area is 200 Å². The molecule has 7 nitrogen and oxygen atoms in total. The number of hydrogen-bond acceptors (Lipinski definition) is 5. The van der Waals surface area contributed by atoms with Crippen LogP contribution in [0, 0.1) is 5.82 Å². The minimum atomic E-state index is -0.615. The van der Waals surface area contributed by atoms with Crippen molar-refractivity contribution in [3.05, 3.63) is 58.3 Å². The van der Waals surface area contributed by atoms with Gasteiger partial charge < -0.3 is 24.4 Å². The van der Waals surface area contributed by atoms with Crippen LogP contribution in [0.4, 0.5) is 4.39 Å². The molecule has 2 atom stereocenters. The molecule has 2 amide bonds. The van der Waals surface area contributed by atoms with Crippen molar-refractivity contribution < 1.29 is 28.2 Å². The highest BCUT2D eigenvalue weighted by atomic mass is 35.5. The second kappa shape index (κ2) is 10.6. The van der Waals surface area contributed by atoms with Gasteiger partial charge in [-0.1, -0.05) is 23.2 Å². The Morgan fingerprint density at radius 1 is 1.09 bits per heavy atom. The number of amides is 2. The van der Waals surface area contributed by atoms with Gasteiger partial charge in [0.25, 0.3) is 11.8 Å². The second-order valence-electron chi connectivity index (χ2n) is 7.97. The predicted octanol–water partition coefficient (Wildman–Crippen LogP) is 3.46. The van der Waals surface area contributed by atoms with Gasteiger partial charge in [0.15, 0.2) is 6.61 Å². The summed E-state index contributed by atoms with van der Waals surface area (Å²) >= 11 is 11.5. The molecule has 2 aromatic carbocycles. The van der Waals surface area contributed by atoms with E-state index < -0.39 is 11.9 Å². The van der Waals surface area contributed by atoms with Crippen molar-refractivity contribution in [2.45, 2.75) is 31.1 Å². The summed E-state index contributed by atoms with van der Waals surface area (Å²) in [7, 11) is 0. The number of nitrogens with one attached hydrogen (secondary N) is 1. The van der Waals surface area contributed by atoms with Crippen LogP contribution in [-0.2, 0) is 14.3 Å². The molecule has 1 N–H and O–H groups in total. The highest BCUT2D eigenvalue weighted by Gasteiger charge is 2.38. The number of halogens is 3. The molecular weight excluding hydrogens is 474 g/mol. The lowest BCUT2D eigenvalue weighted by Crippen LogP contribution is -2.59. The van der Waals surface area contributed by atoms with Crippen LogP contribution in [0.2, 0.25) is 10.0 Å². The molecule has 2 saturated heterocycles. The van der Waals surface area contributed by atoms with E-state index in [-0.39, 0.29) is 47.9 Å². The minimum Gasteiger partial charge on any atom is -0.487 e. The summed E-state index contributed by atoms with van der Waals surface area (Å²) in [6.45, 7) is 0.979. The van der Waals surface area contributed by atoms with E-state index in [0.717, 1.165) is 6.07 Å². The van der Waals surface area contributed by atoms with Gasteiger partial charge in [-0.3, -0.25) is 9.59 Å². The van der Waals surface area contributed by atoms with Gasteiger partial charge in [0.2, 0.25) is 0 Å². The van der Waals surface area contributed by atoms with Crippen molar-refractivity contribution in [2.75, 3.05) is 26.3 Å². The first-order valence-corrected chi connectivity index (χ1v) is 11.3. The zero-order valence-electron chi connectivity index (χ0n) is 17.6. The molecule has 2 heterocycles. The van der Waals surface area contributed by atoms with E-state index in [4.69, 9.17) is 37.4 Å². The zero-order chi connectivity index (χ0) is 23.4. The Bertz CT molecular complexity index is 993. The van der Waals surface area contributed by atoms with Gasteiger partial charge in [0, 0.05) is 11.1 Å². The molecule has 10 heteroatoms. The number of hydrogen-bond donors (Lipinski definition) is 1. The lowest BCUT2D eigenvalue weighted by atomic mass is 10.0. The minimum absolute atomic E-state index is 0.0157. The van der Waals surface area contributed by atoms with Crippen LogP contribution >= 0.6 is 23.2 Å². The van der Waals surface area contributed by atoms with Crippen LogP contribution in [0.3, 0.4) is 0 Å². The highest BCUT2D eigenvalue weighted by Crippen LogP contribution is 2.24. The highest BCUT2D eigenvalue weighted by molar-refractivity contribution is 6.30. The number of ether oxygens (including phenoxy) is 3. The Morgan fingerprint density at radius 2 is 1.82 bits per heavy atom. The van der Waals surface area contributed by atoms with E-state index >= 15 is 0 Å². The van der Waals surface area contributed by atoms with E-state index in [9.17, 15) is 14.0 Å². The van der Waals surface area contributed by atoms with E-state index in [1.807, 2.05) is 0 Å². The van der Waals surface area contributed by atoms with Gasteiger partial charge in [0.1, 0.15) is 29.5 Å². The molecule has 33 heavy (non-hydrogen) atoms. The number of carbonyl (C=O) groups is 2. The molecule has 4 rings (SSSR count). The van der Waals surface area contributed by atoms with Crippen LogP contribution in [0.1, 0.15) is 12.8 Å². The lowest BCUT2D eigenvalue weighted by Gasteiger charge is -2.41. The molecule has 2 unspecified atom stereocenters. The van der Waals surface area contributed by atoms with E-state index in [1.54, 1.807) is 29.2 Å². The van der Waals surface area contributed by atoms with Crippen LogP contribution in [-0.4, -0.2) is 61.3 Å². The average molecular weight is 497 g/mol. The first-order valence-electron chi connectivity index (χ1n) is 10.6. The van der Waals surface area contributed by atoms with Crippen molar-refractivity contribution >= 4 is 35.0 Å². The topological polar surface area (TPSA) is 77.1 Å². The largest absolute Gasteiger partial charge is 0.487 e. The SMILES string of the molecule is O=C(COc1ccc(Cl)c(F)c1)NC1CCC(C(=O)N2CC(Oc3ccc(Cl)cc3)C2)OC1. The third-order valence-electron chi connectivity index (χ3n) is 5.45. The number of nitrogens with zero attached hydrogens (tertiary/aromatic N) is 1. The molecule has 0 radical (unpaired) electrons. The van der Waals surface area contributed by atoms with Crippen molar-refractivity contribution in [1.29, 1.82) is 0 Å². The van der Waals surface area contributed by atoms with Crippen LogP contribution in [0.5, 0.6) is 11.5 Å². The van der Waals surface area contributed by atoms with Crippen molar-refractivity contribution in [2.24, 2.45) is 0 Å². The first kappa shape index (κ1) is 23.6. The summed E-state index contributed by atoms with van der Waals surface area (Å²) in [4.78, 5) is 26.5. The van der Waals surface area contributed by atoms with Crippen molar-refractivity contribution in [3.63, 3.8) is 0 Å². The normalized spacial score (nSPS) is 20.6. The molecule has 0 saturated carbocycles. The number of carbonyl (C=O) groups excluding carboxylic acids is 2. The van der Waals surface area contributed by atoms with E-state index in [2.05, 4.69) is 5.32 Å². The monoisotopic (exact) mass is 496 g/mol. The fourth-order valence-corrected chi connectivity index (χ4v) is 3.89. The van der Waals surface area contributed by atoms with Gasteiger partial charge >= 0.3 is 0 Å². The van der Waals surface area contributed by atoms with E-state index in [1.165, 1.54) is 12.1 Å². The quantitative estimate of drug-likeness (QED) is 0.634. The fourth-order valence-electron chi connectivity index (χ4n) is 3.65. The maximum Gasteiger partial charge on any atom is 0.258 e. The van der Waals surface area contributed by atoms with Gasteiger partial charge in [0.05, 0.1) is 30.8 Å². The predicted molar refractivity (Wildman–Crippen MR) is 120 cm³/mol. The van der Waals surface area contributed by atoms with Crippen LogP contribution in [0.15, 0.2) is 42.5 Å². The van der Waals surface area contributed by atoms with Gasteiger partial charge in [-0.2, -0.15) is 0 Å². The summed E-state index contributed by atoms with van der Waals surface area (Å²) < 4.78 is 30.2. The maximum atomic E-state index is 13.4. The number of likely N-dealkylation sites (tertiary alicyclic amines) is 1. The Kier molecular flexibility index (Phi) is 7.57. The molecule has 2 aromatic rings. The molecule has 0 bridgehead atoms. The maximum absolute atomic E-state index is 13.4. The van der Waals surface area contributed by atoms with Gasteiger partial charge in [-0.15, -0.1) is 0 Å². The molecule has 2 aliphatic heterocycles. The zero-order valence-corrected chi connectivity index (χ0v) is 19.2. The third kappa shape index (κ3) is 6.28. The molecular formula is C23H23Cl2FN2O5. The molecule has 2 aliphatic rings. The third-order valence-corrected chi connectivity index (χ3v) is 6.01. The summed E-state index contributed by atoms with van der Waals surface area (Å²) in [5, 5.41) is 3.43. The van der Waals surface area contributed by atoms with Crippen molar-refractivity contribution in [3.8, 4) is 11.5 Å². The van der Waals surface area contributed by atoms with Gasteiger partial charge in [-0.25, -0.2) is 4.39 Å². The fraction of sp³-hybridized carbons (Fsp3) is 0.391. The Balaban J connectivity index is 1.14. The van der Waals surface area contributed by atoms with E-state index in [0.29, 0.717) is 36.7 Å². The standard InChI is InChI=1S/C23H23Cl2FN2O5/c24-14-1-4-16(5-2-14)33-18-10-28(11-18)23(30)21-8-3-15(12-32-21)27-22(29)13-31-17-6-7-19(25)20(26)9-17/h1-2,4-7,9,15,18,21H,3,8,10-13H2,(H,27,29). The Hall–Kier alpha value is -2.55. The Morgan fingerprint density at radius 3 is 2.48 bits per heavy atom.